The molecule has 0 aliphatic carbocycles. The van der Waals surface area contributed by atoms with Gasteiger partial charge in [0.1, 0.15) is 11.6 Å². The SMILES string of the molecule is CCCNc1ncc(C)c(N(C)c2cccc(F)c2)n1. The fraction of sp³-hybridized carbons (Fsp3) is 0.333. The van der Waals surface area contributed by atoms with Crippen molar-refractivity contribution in [3.8, 4) is 0 Å². The lowest BCUT2D eigenvalue weighted by molar-refractivity contribution is 0.628. The Morgan fingerprint density at radius 1 is 1.35 bits per heavy atom. The summed E-state index contributed by atoms with van der Waals surface area (Å²) in [5.41, 5.74) is 1.70. The predicted molar refractivity (Wildman–Crippen MR) is 80.0 cm³/mol. The minimum absolute atomic E-state index is 0.259. The van der Waals surface area contributed by atoms with E-state index in [1.807, 2.05) is 24.9 Å². The summed E-state index contributed by atoms with van der Waals surface area (Å²) in [7, 11) is 1.87. The van der Waals surface area contributed by atoms with Gasteiger partial charge in [0.05, 0.1) is 0 Å². The van der Waals surface area contributed by atoms with Crippen molar-refractivity contribution in [1.82, 2.24) is 9.97 Å². The van der Waals surface area contributed by atoms with E-state index >= 15 is 0 Å². The van der Waals surface area contributed by atoms with Crippen molar-refractivity contribution in [2.75, 3.05) is 23.8 Å². The summed E-state index contributed by atoms with van der Waals surface area (Å²) in [6.07, 6.45) is 2.78. The molecule has 0 amide bonds. The third-order valence-electron chi connectivity index (χ3n) is 2.99. The number of halogens is 1. The fourth-order valence-corrected chi connectivity index (χ4v) is 1.90. The number of benzene rings is 1. The summed E-state index contributed by atoms with van der Waals surface area (Å²) >= 11 is 0. The van der Waals surface area contributed by atoms with Gasteiger partial charge in [0.25, 0.3) is 0 Å². The summed E-state index contributed by atoms with van der Waals surface area (Å²) in [6.45, 7) is 4.85. The first kappa shape index (κ1) is 14.2. The average molecular weight is 274 g/mol. The maximum Gasteiger partial charge on any atom is 0.224 e. The van der Waals surface area contributed by atoms with E-state index in [4.69, 9.17) is 0 Å². The Morgan fingerprint density at radius 3 is 2.85 bits per heavy atom. The van der Waals surface area contributed by atoms with Crippen LogP contribution in [0.3, 0.4) is 0 Å². The molecule has 1 aromatic carbocycles. The van der Waals surface area contributed by atoms with Crippen LogP contribution in [0.1, 0.15) is 18.9 Å². The van der Waals surface area contributed by atoms with Crippen molar-refractivity contribution in [2.45, 2.75) is 20.3 Å². The third kappa shape index (κ3) is 3.23. The Balaban J connectivity index is 2.30. The third-order valence-corrected chi connectivity index (χ3v) is 2.99. The number of anilines is 3. The van der Waals surface area contributed by atoms with Gasteiger partial charge >= 0.3 is 0 Å². The maximum absolute atomic E-state index is 13.3. The molecule has 5 heteroatoms. The molecule has 20 heavy (non-hydrogen) atoms. The van der Waals surface area contributed by atoms with Crippen LogP contribution in [0.25, 0.3) is 0 Å². The standard InChI is InChI=1S/C15H19FN4/c1-4-8-17-15-18-10-11(2)14(19-15)20(3)13-7-5-6-12(16)9-13/h5-7,9-10H,4,8H2,1-3H3,(H,17,18,19). The predicted octanol–water partition coefficient (Wildman–Crippen LogP) is 3.51. The monoisotopic (exact) mass is 274 g/mol. The van der Waals surface area contributed by atoms with E-state index in [1.54, 1.807) is 12.3 Å². The van der Waals surface area contributed by atoms with E-state index in [9.17, 15) is 4.39 Å². The molecule has 106 valence electrons. The van der Waals surface area contributed by atoms with Crippen molar-refractivity contribution in [2.24, 2.45) is 0 Å². The van der Waals surface area contributed by atoms with E-state index < -0.39 is 0 Å². The van der Waals surface area contributed by atoms with Crippen LogP contribution in [-0.2, 0) is 0 Å². The van der Waals surface area contributed by atoms with E-state index in [2.05, 4.69) is 22.2 Å². The number of nitrogens with one attached hydrogen (secondary N) is 1. The first-order valence-electron chi connectivity index (χ1n) is 6.68. The number of aryl methyl sites for hydroxylation is 1. The highest BCUT2D eigenvalue weighted by molar-refractivity contribution is 5.62. The van der Waals surface area contributed by atoms with Crippen molar-refractivity contribution in [3.05, 3.63) is 41.8 Å². The van der Waals surface area contributed by atoms with Crippen LogP contribution in [0.4, 0.5) is 21.8 Å². The van der Waals surface area contributed by atoms with Crippen LogP contribution < -0.4 is 10.2 Å². The molecule has 0 saturated carbocycles. The van der Waals surface area contributed by atoms with Crippen LogP contribution in [0, 0.1) is 12.7 Å². The molecule has 0 atom stereocenters. The quantitative estimate of drug-likeness (QED) is 0.905. The Kier molecular flexibility index (Phi) is 4.50. The minimum Gasteiger partial charge on any atom is -0.354 e. The second kappa shape index (κ2) is 6.32. The van der Waals surface area contributed by atoms with Gasteiger partial charge < -0.3 is 10.2 Å². The van der Waals surface area contributed by atoms with Crippen LogP contribution >= 0.6 is 0 Å². The Morgan fingerprint density at radius 2 is 2.15 bits per heavy atom. The zero-order valence-electron chi connectivity index (χ0n) is 12.0. The van der Waals surface area contributed by atoms with E-state index in [1.165, 1.54) is 12.1 Å². The van der Waals surface area contributed by atoms with Gasteiger partial charge in [-0.25, -0.2) is 9.37 Å². The van der Waals surface area contributed by atoms with Gasteiger partial charge in [-0.15, -0.1) is 0 Å². The lowest BCUT2D eigenvalue weighted by Gasteiger charge is -2.20. The largest absolute Gasteiger partial charge is 0.354 e. The number of nitrogens with zero attached hydrogens (tertiary/aromatic N) is 3. The summed E-state index contributed by atoms with van der Waals surface area (Å²) in [5, 5.41) is 3.16. The Labute approximate surface area is 118 Å². The molecule has 2 aromatic rings. The molecule has 0 saturated heterocycles. The van der Waals surface area contributed by atoms with Crippen LogP contribution in [0.5, 0.6) is 0 Å². The highest BCUT2D eigenvalue weighted by Crippen LogP contribution is 2.25. The van der Waals surface area contributed by atoms with Gasteiger partial charge in [-0.2, -0.15) is 4.98 Å². The van der Waals surface area contributed by atoms with Crippen LogP contribution in [-0.4, -0.2) is 23.6 Å². The lowest BCUT2D eigenvalue weighted by atomic mass is 10.2. The zero-order chi connectivity index (χ0) is 14.5. The number of rotatable bonds is 5. The zero-order valence-corrected chi connectivity index (χ0v) is 12.0. The highest BCUT2D eigenvalue weighted by Gasteiger charge is 2.11. The molecule has 2 rings (SSSR count). The van der Waals surface area contributed by atoms with Gasteiger partial charge in [-0.3, -0.25) is 0 Å². The van der Waals surface area contributed by atoms with E-state index in [0.29, 0.717) is 5.95 Å². The summed E-state index contributed by atoms with van der Waals surface area (Å²) < 4.78 is 13.3. The van der Waals surface area contributed by atoms with Crippen molar-refractivity contribution in [1.29, 1.82) is 0 Å². The highest BCUT2D eigenvalue weighted by atomic mass is 19.1. The molecule has 0 unspecified atom stereocenters. The van der Waals surface area contributed by atoms with E-state index in [-0.39, 0.29) is 5.82 Å². The van der Waals surface area contributed by atoms with Gasteiger partial charge in [-0.05, 0) is 31.5 Å². The van der Waals surface area contributed by atoms with E-state index in [0.717, 1.165) is 30.0 Å². The molecule has 0 aliphatic rings. The number of hydrogen-bond acceptors (Lipinski definition) is 4. The van der Waals surface area contributed by atoms with Gasteiger partial charge in [0, 0.05) is 31.0 Å². The molecule has 0 spiro atoms. The maximum atomic E-state index is 13.3. The molecular formula is C15H19FN4. The van der Waals surface area contributed by atoms with Crippen molar-refractivity contribution in [3.63, 3.8) is 0 Å². The molecule has 1 heterocycles. The Bertz CT molecular complexity index is 586. The number of hydrogen-bond donors (Lipinski definition) is 1. The number of aromatic nitrogens is 2. The molecule has 0 radical (unpaired) electrons. The fourth-order valence-electron chi connectivity index (χ4n) is 1.90. The first-order chi connectivity index (χ1) is 9.61. The molecule has 0 aliphatic heterocycles. The van der Waals surface area contributed by atoms with Gasteiger partial charge in [0.15, 0.2) is 0 Å². The summed E-state index contributed by atoms with van der Waals surface area (Å²) in [5.74, 6) is 1.10. The molecule has 0 bridgehead atoms. The molecule has 1 aromatic heterocycles. The van der Waals surface area contributed by atoms with Gasteiger partial charge in [0.2, 0.25) is 5.95 Å². The lowest BCUT2D eigenvalue weighted by Crippen LogP contribution is -2.15. The van der Waals surface area contributed by atoms with Crippen molar-refractivity contribution >= 4 is 17.5 Å². The second-order valence-corrected chi connectivity index (χ2v) is 4.67. The molecular weight excluding hydrogens is 255 g/mol. The van der Waals surface area contributed by atoms with Crippen LogP contribution in [0.2, 0.25) is 0 Å². The normalized spacial score (nSPS) is 10.4. The topological polar surface area (TPSA) is 41.1 Å². The smallest absolute Gasteiger partial charge is 0.224 e. The average Bonchev–Trinajstić information content (AvgIpc) is 2.45. The molecule has 4 nitrogen and oxygen atoms in total. The summed E-state index contributed by atoms with van der Waals surface area (Å²) in [6, 6.07) is 6.46. The summed E-state index contributed by atoms with van der Waals surface area (Å²) in [4.78, 5) is 10.6. The van der Waals surface area contributed by atoms with Crippen LogP contribution in [0.15, 0.2) is 30.5 Å². The Hall–Kier alpha value is -2.17. The molecule has 0 fully saturated rings. The minimum atomic E-state index is -0.259. The second-order valence-electron chi connectivity index (χ2n) is 4.67. The first-order valence-corrected chi connectivity index (χ1v) is 6.68. The van der Waals surface area contributed by atoms with Crippen molar-refractivity contribution < 1.29 is 4.39 Å². The molecule has 1 N–H and O–H groups in total. The van der Waals surface area contributed by atoms with Gasteiger partial charge in [-0.1, -0.05) is 13.0 Å².